The molecule has 0 amide bonds. The number of imidazole rings is 1. The van der Waals surface area contributed by atoms with Crippen LogP contribution in [0.4, 0.5) is 5.82 Å². The number of carboxylic acid groups (broad SMARTS) is 1. The van der Waals surface area contributed by atoms with E-state index in [1.807, 2.05) is 0 Å². The zero-order valence-electron chi connectivity index (χ0n) is 11.7. The van der Waals surface area contributed by atoms with Crippen molar-refractivity contribution in [3.63, 3.8) is 0 Å². The molecule has 21 heavy (non-hydrogen) atoms. The second kappa shape index (κ2) is 5.53. The van der Waals surface area contributed by atoms with Crippen LogP contribution in [0.3, 0.4) is 0 Å². The van der Waals surface area contributed by atoms with Gasteiger partial charge in [-0.2, -0.15) is 0 Å². The third-order valence-electron chi connectivity index (χ3n) is 3.51. The minimum atomic E-state index is -1.04. The molecule has 2 aromatic heterocycles. The van der Waals surface area contributed by atoms with Gasteiger partial charge in [0.2, 0.25) is 0 Å². The molecule has 1 N–H and O–H groups in total. The van der Waals surface area contributed by atoms with Crippen LogP contribution in [0.15, 0.2) is 30.2 Å². The van der Waals surface area contributed by atoms with E-state index in [2.05, 4.69) is 20.9 Å². The summed E-state index contributed by atoms with van der Waals surface area (Å²) in [6.45, 7) is 2.19. The monoisotopic (exact) mass is 288 g/mol. The Labute approximate surface area is 121 Å². The molecule has 3 heterocycles. The smallest absolute Gasteiger partial charge is 0.356 e. The number of ether oxygens (including phenoxy) is 1. The standard InChI is InChI=1S/C14H16N4O3/c1-21-9-10-2-5-17(6-3-10)12-13-16-11(14(19)20)8-18(13)7-4-15-12/h2,4,7-8H,3,5-6,9H2,1H3,(H,19,20). The van der Waals surface area contributed by atoms with E-state index >= 15 is 0 Å². The first-order valence-corrected chi connectivity index (χ1v) is 6.68. The first kappa shape index (κ1) is 13.6. The van der Waals surface area contributed by atoms with Crippen molar-refractivity contribution >= 4 is 17.4 Å². The molecule has 0 aromatic carbocycles. The maximum Gasteiger partial charge on any atom is 0.356 e. The fourth-order valence-electron chi connectivity index (χ4n) is 2.45. The number of hydrogen-bond acceptors (Lipinski definition) is 5. The van der Waals surface area contributed by atoms with Gasteiger partial charge in [-0.25, -0.2) is 14.8 Å². The van der Waals surface area contributed by atoms with Crippen molar-refractivity contribution in [1.29, 1.82) is 0 Å². The number of rotatable bonds is 4. The molecule has 0 saturated heterocycles. The van der Waals surface area contributed by atoms with E-state index < -0.39 is 5.97 Å². The quantitative estimate of drug-likeness (QED) is 0.852. The van der Waals surface area contributed by atoms with Crippen LogP contribution in [0.25, 0.3) is 5.65 Å². The number of aromatic carboxylic acids is 1. The Morgan fingerprint density at radius 3 is 3.05 bits per heavy atom. The van der Waals surface area contributed by atoms with Crippen molar-refractivity contribution in [3.8, 4) is 0 Å². The molecular weight excluding hydrogens is 272 g/mol. The van der Waals surface area contributed by atoms with Gasteiger partial charge in [0.05, 0.1) is 6.61 Å². The first-order valence-electron chi connectivity index (χ1n) is 6.68. The van der Waals surface area contributed by atoms with Crippen LogP contribution in [0.1, 0.15) is 16.9 Å². The number of aromatic nitrogens is 3. The van der Waals surface area contributed by atoms with Gasteiger partial charge < -0.3 is 19.1 Å². The van der Waals surface area contributed by atoms with Crippen LogP contribution >= 0.6 is 0 Å². The number of hydrogen-bond donors (Lipinski definition) is 1. The van der Waals surface area contributed by atoms with Gasteiger partial charge in [-0.3, -0.25) is 0 Å². The van der Waals surface area contributed by atoms with E-state index in [9.17, 15) is 4.79 Å². The topological polar surface area (TPSA) is 80.0 Å². The predicted octanol–water partition coefficient (Wildman–Crippen LogP) is 1.21. The zero-order chi connectivity index (χ0) is 14.8. The molecular formula is C14H16N4O3. The molecule has 0 bridgehead atoms. The van der Waals surface area contributed by atoms with E-state index in [0.29, 0.717) is 18.1 Å². The third-order valence-corrected chi connectivity index (χ3v) is 3.51. The highest BCUT2D eigenvalue weighted by Crippen LogP contribution is 2.22. The van der Waals surface area contributed by atoms with E-state index in [1.165, 1.54) is 11.8 Å². The minimum absolute atomic E-state index is 0.0249. The van der Waals surface area contributed by atoms with Crippen molar-refractivity contribution < 1.29 is 14.6 Å². The maximum atomic E-state index is 11.0. The molecule has 0 spiro atoms. The largest absolute Gasteiger partial charge is 0.476 e. The van der Waals surface area contributed by atoms with Crippen LogP contribution < -0.4 is 4.90 Å². The summed E-state index contributed by atoms with van der Waals surface area (Å²) < 4.78 is 6.83. The summed E-state index contributed by atoms with van der Waals surface area (Å²) in [5, 5.41) is 9.05. The highest BCUT2D eigenvalue weighted by Gasteiger charge is 2.18. The van der Waals surface area contributed by atoms with Gasteiger partial charge in [0.15, 0.2) is 17.2 Å². The second-order valence-electron chi connectivity index (χ2n) is 4.90. The number of nitrogens with zero attached hydrogens (tertiary/aromatic N) is 4. The lowest BCUT2D eigenvalue weighted by Gasteiger charge is -2.27. The van der Waals surface area contributed by atoms with Crippen LogP contribution in [0.5, 0.6) is 0 Å². The van der Waals surface area contributed by atoms with Gasteiger partial charge in [-0.15, -0.1) is 0 Å². The lowest BCUT2D eigenvalue weighted by Crippen LogP contribution is -2.30. The van der Waals surface area contributed by atoms with Gasteiger partial charge in [-0.05, 0) is 12.0 Å². The Morgan fingerprint density at radius 2 is 2.38 bits per heavy atom. The van der Waals surface area contributed by atoms with Crippen molar-refractivity contribution in [2.45, 2.75) is 6.42 Å². The molecule has 2 aromatic rings. The fraction of sp³-hybridized carbons (Fsp3) is 0.357. The van der Waals surface area contributed by atoms with Crippen LogP contribution in [0, 0.1) is 0 Å². The van der Waals surface area contributed by atoms with Crippen molar-refractivity contribution in [2.75, 3.05) is 31.7 Å². The Bertz CT molecular complexity index is 707. The summed E-state index contributed by atoms with van der Waals surface area (Å²) in [7, 11) is 1.69. The summed E-state index contributed by atoms with van der Waals surface area (Å²) in [6, 6.07) is 0. The first-order chi connectivity index (χ1) is 10.2. The Kier molecular flexibility index (Phi) is 3.57. The highest BCUT2D eigenvalue weighted by atomic mass is 16.5. The number of anilines is 1. The molecule has 0 saturated carbocycles. The summed E-state index contributed by atoms with van der Waals surface area (Å²) in [6.07, 6.45) is 7.89. The number of methoxy groups -OCH3 is 1. The van der Waals surface area contributed by atoms with Crippen molar-refractivity contribution in [3.05, 3.63) is 35.9 Å². The fourth-order valence-corrected chi connectivity index (χ4v) is 2.45. The lowest BCUT2D eigenvalue weighted by molar-refractivity contribution is 0.0691. The van der Waals surface area contributed by atoms with E-state index in [0.717, 1.165) is 19.5 Å². The SMILES string of the molecule is COCC1=CCN(c2nccn3cc(C(=O)O)nc23)CC1. The molecule has 0 aliphatic carbocycles. The highest BCUT2D eigenvalue weighted by molar-refractivity contribution is 5.87. The normalized spacial score (nSPS) is 15.3. The molecule has 1 aliphatic rings. The molecule has 110 valence electrons. The third kappa shape index (κ3) is 2.59. The van der Waals surface area contributed by atoms with Crippen LogP contribution in [-0.4, -0.2) is 52.3 Å². The summed E-state index contributed by atoms with van der Waals surface area (Å²) >= 11 is 0. The second-order valence-corrected chi connectivity index (χ2v) is 4.90. The van der Waals surface area contributed by atoms with Gasteiger partial charge in [0.25, 0.3) is 0 Å². The molecule has 0 radical (unpaired) electrons. The summed E-state index contributed by atoms with van der Waals surface area (Å²) in [5.74, 6) is -0.330. The molecule has 0 atom stereocenters. The molecule has 0 fully saturated rings. The number of fused-ring (bicyclic) bond motifs is 1. The Balaban J connectivity index is 1.92. The van der Waals surface area contributed by atoms with Gasteiger partial charge in [-0.1, -0.05) is 6.08 Å². The summed E-state index contributed by atoms with van der Waals surface area (Å²) in [4.78, 5) is 21.7. The van der Waals surface area contributed by atoms with Gasteiger partial charge >= 0.3 is 5.97 Å². The van der Waals surface area contributed by atoms with Gasteiger partial charge in [0.1, 0.15) is 0 Å². The number of carbonyl (C=O) groups is 1. The molecule has 7 nitrogen and oxygen atoms in total. The lowest BCUT2D eigenvalue weighted by atomic mass is 10.1. The maximum absolute atomic E-state index is 11.0. The molecule has 3 rings (SSSR count). The van der Waals surface area contributed by atoms with E-state index in [1.54, 1.807) is 23.9 Å². The average Bonchev–Trinajstić information content (AvgIpc) is 2.93. The molecule has 1 aliphatic heterocycles. The van der Waals surface area contributed by atoms with E-state index in [4.69, 9.17) is 9.84 Å². The van der Waals surface area contributed by atoms with Crippen molar-refractivity contribution in [2.24, 2.45) is 0 Å². The Morgan fingerprint density at radius 1 is 1.52 bits per heavy atom. The molecule has 7 heteroatoms. The van der Waals surface area contributed by atoms with Gasteiger partial charge in [0, 0.05) is 38.8 Å². The molecule has 0 unspecified atom stereocenters. The number of carboxylic acids is 1. The average molecular weight is 288 g/mol. The van der Waals surface area contributed by atoms with Crippen molar-refractivity contribution in [1.82, 2.24) is 14.4 Å². The Hall–Kier alpha value is -2.41. The predicted molar refractivity (Wildman–Crippen MR) is 76.7 cm³/mol. The zero-order valence-corrected chi connectivity index (χ0v) is 11.7. The van der Waals surface area contributed by atoms with Crippen LogP contribution in [-0.2, 0) is 4.74 Å². The minimum Gasteiger partial charge on any atom is -0.476 e. The van der Waals surface area contributed by atoms with E-state index in [-0.39, 0.29) is 5.69 Å². The summed E-state index contributed by atoms with van der Waals surface area (Å²) in [5.41, 5.74) is 1.87. The van der Waals surface area contributed by atoms with Crippen LogP contribution in [0.2, 0.25) is 0 Å².